The van der Waals surface area contributed by atoms with Crippen LogP contribution in [0.25, 0.3) is 11.5 Å². The molecule has 0 saturated carbocycles. The Kier molecular flexibility index (Phi) is 5.12. The zero-order chi connectivity index (χ0) is 18.8. The van der Waals surface area contributed by atoms with E-state index in [1.165, 1.54) is 0 Å². The molecule has 0 aliphatic rings. The summed E-state index contributed by atoms with van der Waals surface area (Å²) in [5, 5.41) is 9.05. The van der Waals surface area contributed by atoms with Crippen molar-refractivity contribution in [2.45, 2.75) is 25.6 Å². The van der Waals surface area contributed by atoms with Gasteiger partial charge in [0.2, 0.25) is 11.7 Å². The fourth-order valence-electron chi connectivity index (χ4n) is 1.87. The number of nitrogens with zero attached hydrogens (tertiary/aromatic N) is 1. The molecule has 136 valence electrons. The minimum atomic E-state index is -4.52. The number of alkyl halides is 5. The molecule has 0 atom stereocenters. The molecule has 2 aromatic rings. The summed E-state index contributed by atoms with van der Waals surface area (Å²) in [7, 11) is 0. The van der Waals surface area contributed by atoms with Gasteiger partial charge in [0.15, 0.2) is 0 Å². The molecule has 0 fully saturated rings. The van der Waals surface area contributed by atoms with Gasteiger partial charge in [-0.05, 0) is 24.3 Å². The van der Waals surface area contributed by atoms with Gasteiger partial charge in [-0.3, -0.25) is 0 Å². The number of carboxylic acid groups (broad SMARTS) is 1. The summed E-state index contributed by atoms with van der Waals surface area (Å²) in [6, 6.07) is 3.69. The number of oxazole rings is 1. The Morgan fingerprint density at radius 1 is 1.20 bits per heavy atom. The number of ether oxygens (including phenoxy) is 1. The van der Waals surface area contributed by atoms with Gasteiger partial charge in [0.1, 0.15) is 12.3 Å². The van der Waals surface area contributed by atoms with E-state index in [9.17, 15) is 26.7 Å². The molecule has 0 saturated heterocycles. The van der Waals surface area contributed by atoms with Gasteiger partial charge in [0.05, 0.1) is 12.2 Å². The van der Waals surface area contributed by atoms with Crippen LogP contribution in [0.5, 0.6) is 0 Å². The van der Waals surface area contributed by atoms with Crippen LogP contribution >= 0.6 is 0 Å². The van der Waals surface area contributed by atoms with Crippen LogP contribution in [0.3, 0.4) is 0 Å². The number of hydrogen-bond donors (Lipinski definition) is 1. The summed E-state index contributed by atoms with van der Waals surface area (Å²) in [6.45, 7) is -0.870. The van der Waals surface area contributed by atoms with Crippen molar-refractivity contribution in [3.8, 4) is 11.5 Å². The highest BCUT2D eigenvalue weighted by atomic mass is 19.4. The molecule has 2 rings (SSSR count). The monoisotopic (exact) mass is 365 g/mol. The number of hydrogen-bond acceptors (Lipinski definition) is 4. The summed E-state index contributed by atoms with van der Waals surface area (Å²) < 4.78 is 72.7. The maximum Gasteiger partial charge on any atom is 0.416 e. The van der Waals surface area contributed by atoms with Crippen molar-refractivity contribution in [3.05, 3.63) is 41.3 Å². The highest BCUT2D eigenvalue weighted by molar-refractivity contribution is 5.86. The summed E-state index contributed by atoms with van der Waals surface area (Å²) >= 11 is 0. The second kappa shape index (κ2) is 6.79. The standard InChI is InChI=1S/C15H12F5NO4/c1-14(16,17)7-24-6-10-11(13(22)23)25-12(21-10)8-2-4-9(5-3-8)15(18,19)20/h2-5H,6-7H2,1H3,(H,22,23). The third kappa shape index (κ3) is 4.99. The van der Waals surface area contributed by atoms with E-state index in [1.807, 2.05) is 0 Å². The predicted molar refractivity (Wildman–Crippen MR) is 74.2 cm³/mol. The van der Waals surface area contributed by atoms with Gasteiger partial charge in [0, 0.05) is 12.5 Å². The van der Waals surface area contributed by atoms with E-state index in [1.54, 1.807) is 0 Å². The molecule has 0 unspecified atom stereocenters. The highest BCUT2D eigenvalue weighted by Crippen LogP contribution is 2.31. The fraction of sp³-hybridized carbons (Fsp3) is 0.333. The molecule has 0 radical (unpaired) electrons. The summed E-state index contributed by atoms with van der Waals surface area (Å²) in [5.41, 5.74) is -1.04. The van der Waals surface area contributed by atoms with Crippen molar-refractivity contribution >= 4 is 5.97 Å². The van der Waals surface area contributed by atoms with Gasteiger partial charge in [0.25, 0.3) is 5.92 Å². The Morgan fingerprint density at radius 2 is 1.80 bits per heavy atom. The number of benzene rings is 1. The van der Waals surface area contributed by atoms with Gasteiger partial charge in [-0.15, -0.1) is 0 Å². The lowest BCUT2D eigenvalue weighted by Gasteiger charge is -2.09. The first-order valence-electron chi connectivity index (χ1n) is 6.83. The Balaban J connectivity index is 2.24. The Labute approximate surface area is 138 Å². The van der Waals surface area contributed by atoms with Gasteiger partial charge in [-0.25, -0.2) is 18.6 Å². The van der Waals surface area contributed by atoms with Gasteiger partial charge in [-0.1, -0.05) is 0 Å². The molecule has 1 heterocycles. The lowest BCUT2D eigenvalue weighted by molar-refractivity contribution is -0.137. The number of carboxylic acids is 1. The molecule has 25 heavy (non-hydrogen) atoms. The first-order chi connectivity index (χ1) is 11.5. The number of aromatic carboxylic acids is 1. The largest absolute Gasteiger partial charge is 0.475 e. The minimum Gasteiger partial charge on any atom is -0.475 e. The van der Waals surface area contributed by atoms with Gasteiger partial charge >= 0.3 is 12.1 Å². The molecule has 10 heteroatoms. The average Bonchev–Trinajstić information content (AvgIpc) is 2.89. The van der Waals surface area contributed by atoms with Crippen LogP contribution in [0.4, 0.5) is 22.0 Å². The van der Waals surface area contributed by atoms with Gasteiger partial charge < -0.3 is 14.3 Å². The van der Waals surface area contributed by atoms with Crippen molar-refractivity contribution in [2.75, 3.05) is 6.61 Å². The molecule has 0 amide bonds. The number of aromatic nitrogens is 1. The van der Waals surface area contributed by atoms with E-state index in [2.05, 4.69) is 4.98 Å². The SMILES string of the molecule is CC(F)(F)COCc1nc(-c2ccc(C(F)(F)F)cc2)oc1C(=O)O. The van der Waals surface area contributed by atoms with Crippen LogP contribution in [0, 0.1) is 0 Å². The minimum absolute atomic E-state index is 0.0996. The second-order valence-electron chi connectivity index (χ2n) is 5.24. The van der Waals surface area contributed by atoms with E-state index < -0.39 is 42.6 Å². The van der Waals surface area contributed by atoms with Crippen LogP contribution in [0.1, 0.15) is 28.7 Å². The smallest absolute Gasteiger partial charge is 0.416 e. The Morgan fingerprint density at radius 3 is 2.28 bits per heavy atom. The number of rotatable bonds is 6. The van der Waals surface area contributed by atoms with Crippen molar-refractivity contribution in [1.82, 2.24) is 4.98 Å². The lowest BCUT2D eigenvalue weighted by Crippen LogP contribution is -2.19. The third-order valence-corrected chi connectivity index (χ3v) is 2.95. The highest BCUT2D eigenvalue weighted by Gasteiger charge is 2.30. The molecule has 0 aliphatic carbocycles. The van der Waals surface area contributed by atoms with Crippen molar-refractivity contribution in [3.63, 3.8) is 0 Å². The van der Waals surface area contributed by atoms with E-state index >= 15 is 0 Å². The number of halogens is 5. The van der Waals surface area contributed by atoms with Crippen molar-refractivity contribution < 1.29 is 41.0 Å². The topological polar surface area (TPSA) is 72.6 Å². The quantitative estimate of drug-likeness (QED) is 0.776. The third-order valence-electron chi connectivity index (χ3n) is 2.95. The zero-order valence-corrected chi connectivity index (χ0v) is 12.7. The van der Waals surface area contributed by atoms with Crippen LogP contribution in [0.2, 0.25) is 0 Å². The molecule has 0 bridgehead atoms. The molecule has 1 aromatic heterocycles. The summed E-state index contributed by atoms with van der Waals surface area (Å²) in [4.78, 5) is 14.9. The van der Waals surface area contributed by atoms with Crippen LogP contribution in [-0.4, -0.2) is 28.6 Å². The molecule has 1 aromatic carbocycles. The molecular formula is C15H12F5NO4. The van der Waals surface area contributed by atoms with Gasteiger partial charge in [-0.2, -0.15) is 13.2 Å². The molecule has 0 spiro atoms. The Hall–Kier alpha value is -2.49. The first kappa shape index (κ1) is 18.8. The van der Waals surface area contributed by atoms with Crippen molar-refractivity contribution in [2.24, 2.45) is 0 Å². The average molecular weight is 365 g/mol. The summed E-state index contributed by atoms with van der Waals surface area (Å²) in [6.07, 6.45) is -4.52. The van der Waals surface area contributed by atoms with Crippen LogP contribution in [0.15, 0.2) is 28.7 Å². The van der Waals surface area contributed by atoms with Crippen molar-refractivity contribution in [1.29, 1.82) is 0 Å². The molecule has 1 N–H and O–H groups in total. The second-order valence-corrected chi connectivity index (χ2v) is 5.24. The van der Waals surface area contributed by atoms with E-state index in [-0.39, 0.29) is 17.1 Å². The van der Waals surface area contributed by atoms with E-state index in [4.69, 9.17) is 14.3 Å². The maximum atomic E-state index is 12.7. The van der Waals surface area contributed by atoms with E-state index in [0.29, 0.717) is 6.92 Å². The maximum absolute atomic E-state index is 12.7. The van der Waals surface area contributed by atoms with Crippen LogP contribution in [-0.2, 0) is 17.5 Å². The molecule has 0 aliphatic heterocycles. The zero-order valence-electron chi connectivity index (χ0n) is 12.7. The molecule has 5 nitrogen and oxygen atoms in total. The number of carbonyl (C=O) groups is 1. The molecular weight excluding hydrogens is 353 g/mol. The lowest BCUT2D eigenvalue weighted by atomic mass is 10.1. The van der Waals surface area contributed by atoms with Crippen LogP contribution < -0.4 is 0 Å². The summed E-state index contributed by atoms with van der Waals surface area (Å²) in [5.74, 6) is -5.50. The van der Waals surface area contributed by atoms with E-state index in [0.717, 1.165) is 24.3 Å². The first-order valence-corrected chi connectivity index (χ1v) is 6.83. The normalized spacial score (nSPS) is 12.4. The Bertz CT molecular complexity index is 747. The fourth-order valence-corrected chi connectivity index (χ4v) is 1.87. The predicted octanol–water partition coefficient (Wildman–Crippen LogP) is 4.23.